The molecule has 0 aliphatic carbocycles. The normalized spacial score (nSPS) is 11.0. The minimum absolute atomic E-state index is 0.00147. The number of carbonyl (C=O) groups is 2. The molecule has 1 aromatic carbocycles. The number of rotatable bonds is 6. The first-order chi connectivity index (χ1) is 10.8. The van der Waals surface area contributed by atoms with Gasteiger partial charge in [-0.1, -0.05) is 0 Å². The van der Waals surface area contributed by atoms with E-state index in [1.165, 1.54) is 36.6 Å². The number of anilines is 2. The molecule has 0 radical (unpaired) electrons. The molecule has 1 heterocycles. The molecule has 0 aliphatic rings. The van der Waals surface area contributed by atoms with E-state index in [-0.39, 0.29) is 28.0 Å². The van der Waals surface area contributed by atoms with Crippen molar-refractivity contribution in [1.82, 2.24) is 4.98 Å². The number of aromatic nitrogens is 1. The van der Waals surface area contributed by atoms with Crippen LogP contribution in [0.5, 0.6) is 0 Å². The topological polar surface area (TPSA) is 125 Å². The van der Waals surface area contributed by atoms with Crippen LogP contribution in [-0.2, 0) is 26.0 Å². The van der Waals surface area contributed by atoms with Gasteiger partial charge in [0.1, 0.15) is 0 Å². The van der Waals surface area contributed by atoms with Crippen molar-refractivity contribution in [1.29, 1.82) is 0 Å². The second-order valence-electron chi connectivity index (χ2n) is 4.53. The molecule has 0 fully saturated rings. The van der Waals surface area contributed by atoms with Crippen molar-refractivity contribution < 1.29 is 23.1 Å². The molecule has 0 saturated heterocycles. The molecule has 0 unspecified atom stereocenters. The molecule has 2 aromatic rings. The van der Waals surface area contributed by atoms with E-state index in [0.29, 0.717) is 5.69 Å². The molecule has 8 nitrogen and oxygen atoms in total. The van der Waals surface area contributed by atoms with Gasteiger partial charge < -0.3 is 10.4 Å². The number of thiazole rings is 1. The number of amides is 1. The smallest absolute Gasteiger partial charge is 0.309 e. The van der Waals surface area contributed by atoms with Gasteiger partial charge in [0.25, 0.3) is 10.0 Å². The molecule has 122 valence electrons. The third-order valence-corrected chi connectivity index (χ3v) is 4.88. The molecule has 1 aromatic heterocycles. The monoisotopic (exact) mass is 355 g/mol. The van der Waals surface area contributed by atoms with Gasteiger partial charge in [0.05, 0.1) is 17.0 Å². The average molecular weight is 355 g/mol. The Morgan fingerprint density at radius 3 is 2.48 bits per heavy atom. The van der Waals surface area contributed by atoms with E-state index in [1.807, 2.05) is 0 Å². The number of carbonyl (C=O) groups excluding carboxylic acids is 1. The van der Waals surface area contributed by atoms with Crippen molar-refractivity contribution >= 4 is 44.1 Å². The van der Waals surface area contributed by atoms with Crippen LogP contribution in [0.3, 0.4) is 0 Å². The molecule has 0 spiro atoms. The van der Waals surface area contributed by atoms with E-state index in [2.05, 4.69) is 15.0 Å². The van der Waals surface area contributed by atoms with Gasteiger partial charge in [-0.15, -0.1) is 11.3 Å². The lowest BCUT2D eigenvalue weighted by Gasteiger charge is -2.06. The lowest BCUT2D eigenvalue weighted by Crippen LogP contribution is -2.13. The Balaban J connectivity index is 2.13. The average Bonchev–Trinajstić information content (AvgIpc) is 2.84. The highest BCUT2D eigenvalue weighted by Gasteiger charge is 2.16. The molecule has 1 amide bonds. The zero-order chi connectivity index (χ0) is 17.0. The van der Waals surface area contributed by atoms with Gasteiger partial charge >= 0.3 is 5.97 Å². The number of aliphatic carboxylic acids is 1. The number of carboxylic acids is 1. The first-order valence-electron chi connectivity index (χ1n) is 6.33. The number of sulfonamides is 1. The minimum atomic E-state index is -3.84. The lowest BCUT2D eigenvalue weighted by molar-refractivity contribution is -0.136. The van der Waals surface area contributed by atoms with Crippen molar-refractivity contribution in [3.8, 4) is 0 Å². The summed E-state index contributed by atoms with van der Waals surface area (Å²) >= 11 is 1.00. The summed E-state index contributed by atoms with van der Waals surface area (Å²) in [6.45, 7) is 1.35. The van der Waals surface area contributed by atoms with Crippen LogP contribution >= 0.6 is 11.3 Å². The summed E-state index contributed by atoms with van der Waals surface area (Å²) in [6.07, 6.45) is -0.274. The maximum absolute atomic E-state index is 12.2. The highest BCUT2D eigenvalue weighted by Crippen LogP contribution is 2.21. The first kappa shape index (κ1) is 16.9. The molecule has 0 saturated carbocycles. The largest absolute Gasteiger partial charge is 0.481 e. The Hall–Kier alpha value is -2.46. The SMILES string of the molecule is CC(=O)Nc1ccc(S(=O)(=O)Nc2nc(CC(=O)O)cs2)cc1. The highest BCUT2D eigenvalue weighted by atomic mass is 32.2. The van der Waals surface area contributed by atoms with Crippen molar-refractivity contribution in [2.45, 2.75) is 18.2 Å². The van der Waals surface area contributed by atoms with Gasteiger partial charge in [-0.2, -0.15) is 0 Å². The fraction of sp³-hybridized carbons (Fsp3) is 0.154. The molecular formula is C13H13N3O5S2. The maximum Gasteiger partial charge on any atom is 0.309 e. The number of carboxylic acid groups (broad SMARTS) is 1. The zero-order valence-corrected chi connectivity index (χ0v) is 13.6. The van der Waals surface area contributed by atoms with Gasteiger partial charge in [-0.05, 0) is 24.3 Å². The summed E-state index contributed by atoms with van der Waals surface area (Å²) in [4.78, 5) is 25.4. The lowest BCUT2D eigenvalue weighted by atomic mass is 10.3. The van der Waals surface area contributed by atoms with Gasteiger partial charge in [0.2, 0.25) is 5.91 Å². The minimum Gasteiger partial charge on any atom is -0.481 e. The highest BCUT2D eigenvalue weighted by molar-refractivity contribution is 7.93. The van der Waals surface area contributed by atoms with Crippen LogP contribution < -0.4 is 10.0 Å². The van der Waals surface area contributed by atoms with Crippen LogP contribution in [0.1, 0.15) is 12.6 Å². The summed E-state index contributed by atoms with van der Waals surface area (Å²) < 4.78 is 26.7. The van der Waals surface area contributed by atoms with Crippen LogP contribution in [0.15, 0.2) is 34.5 Å². The number of nitrogens with one attached hydrogen (secondary N) is 2. The summed E-state index contributed by atoms with van der Waals surface area (Å²) in [7, 11) is -3.84. The van der Waals surface area contributed by atoms with Gasteiger partial charge in [0.15, 0.2) is 5.13 Å². The van der Waals surface area contributed by atoms with Crippen LogP contribution in [0.25, 0.3) is 0 Å². The summed E-state index contributed by atoms with van der Waals surface area (Å²) in [5.41, 5.74) is 0.760. The van der Waals surface area contributed by atoms with Crippen LogP contribution in [0.4, 0.5) is 10.8 Å². The fourth-order valence-electron chi connectivity index (χ4n) is 1.68. The second-order valence-corrected chi connectivity index (χ2v) is 7.07. The van der Waals surface area contributed by atoms with E-state index in [1.54, 1.807) is 0 Å². The Labute approximate surface area is 136 Å². The molecule has 3 N–H and O–H groups in total. The third kappa shape index (κ3) is 4.76. The maximum atomic E-state index is 12.2. The number of nitrogens with zero attached hydrogens (tertiary/aromatic N) is 1. The molecule has 0 atom stereocenters. The van der Waals surface area contributed by atoms with Crippen LogP contribution in [0.2, 0.25) is 0 Å². The van der Waals surface area contributed by atoms with Crippen molar-refractivity contribution in [2.75, 3.05) is 10.0 Å². The predicted octanol–water partition coefficient (Wildman–Crippen LogP) is 1.53. The molecule has 23 heavy (non-hydrogen) atoms. The van der Waals surface area contributed by atoms with E-state index in [4.69, 9.17) is 5.11 Å². The van der Waals surface area contributed by atoms with Gasteiger partial charge in [-0.25, -0.2) is 13.4 Å². The number of benzene rings is 1. The Morgan fingerprint density at radius 1 is 1.26 bits per heavy atom. The Bertz CT molecular complexity index is 828. The number of hydrogen-bond acceptors (Lipinski definition) is 6. The molecule has 0 bridgehead atoms. The van der Waals surface area contributed by atoms with Crippen LogP contribution in [0, 0.1) is 0 Å². The predicted molar refractivity (Wildman–Crippen MR) is 85.0 cm³/mol. The van der Waals surface area contributed by atoms with Crippen molar-refractivity contribution in [2.24, 2.45) is 0 Å². The Morgan fingerprint density at radius 2 is 1.91 bits per heavy atom. The fourth-order valence-corrected chi connectivity index (χ4v) is 3.65. The third-order valence-electron chi connectivity index (χ3n) is 2.59. The van der Waals surface area contributed by atoms with Crippen molar-refractivity contribution in [3.05, 3.63) is 35.3 Å². The van der Waals surface area contributed by atoms with Gasteiger partial charge in [-0.3, -0.25) is 14.3 Å². The quantitative estimate of drug-likeness (QED) is 0.721. The summed E-state index contributed by atoms with van der Waals surface area (Å²) in [6, 6.07) is 5.63. The molecule has 10 heteroatoms. The van der Waals surface area contributed by atoms with Crippen molar-refractivity contribution in [3.63, 3.8) is 0 Å². The number of hydrogen-bond donors (Lipinski definition) is 3. The van der Waals surface area contributed by atoms with E-state index in [0.717, 1.165) is 11.3 Å². The molecular weight excluding hydrogens is 342 g/mol. The molecule has 0 aliphatic heterocycles. The summed E-state index contributed by atoms with van der Waals surface area (Å²) in [5, 5.41) is 12.8. The summed E-state index contributed by atoms with van der Waals surface area (Å²) in [5.74, 6) is -1.30. The van der Waals surface area contributed by atoms with E-state index < -0.39 is 16.0 Å². The zero-order valence-electron chi connectivity index (χ0n) is 11.9. The second kappa shape index (κ2) is 6.75. The standard InChI is InChI=1S/C13H13N3O5S2/c1-8(17)14-9-2-4-11(5-3-9)23(20,21)16-13-15-10(7-22-13)6-12(18)19/h2-5,7H,6H2,1H3,(H,14,17)(H,15,16)(H,18,19). The Kier molecular flexibility index (Phi) is 4.96. The molecule has 2 rings (SSSR count). The van der Waals surface area contributed by atoms with Crippen LogP contribution in [-0.4, -0.2) is 30.4 Å². The first-order valence-corrected chi connectivity index (χ1v) is 8.69. The van der Waals surface area contributed by atoms with Gasteiger partial charge in [0, 0.05) is 18.0 Å². The van der Waals surface area contributed by atoms with E-state index >= 15 is 0 Å². The van der Waals surface area contributed by atoms with E-state index in [9.17, 15) is 18.0 Å².